The Hall–Kier alpha value is -2.53. The summed E-state index contributed by atoms with van der Waals surface area (Å²) in [5.74, 6) is -0.404. The number of thiocarbonyl (C=S) groups is 1. The molecule has 1 fully saturated rings. The molecule has 1 saturated heterocycles. The maximum atomic E-state index is 12.8. The average Bonchev–Trinajstić information content (AvgIpc) is 2.78. The molecule has 8 nitrogen and oxygen atoms in total. The molecule has 10 heteroatoms. The summed E-state index contributed by atoms with van der Waals surface area (Å²) in [7, 11) is -3.55. The van der Waals surface area contributed by atoms with Crippen LogP contribution in [0.2, 0.25) is 0 Å². The number of hydrogen-bond donors (Lipinski definition) is 2. The number of anilines is 1. The van der Waals surface area contributed by atoms with Crippen LogP contribution in [0.15, 0.2) is 59.5 Å². The van der Waals surface area contributed by atoms with Gasteiger partial charge in [-0.15, -0.1) is 0 Å². The Bertz CT molecular complexity index is 992. The summed E-state index contributed by atoms with van der Waals surface area (Å²) in [5, 5.41) is 3.55. The van der Waals surface area contributed by atoms with E-state index in [-0.39, 0.29) is 11.3 Å². The highest BCUT2D eigenvalue weighted by Gasteiger charge is 2.26. The van der Waals surface area contributed by atoms with Gasteiger partial charge in [0.1, 0.15) is 0 Å². The normalized spacial score (nSPS) is 14.7. The average molecular weight is 463 g/mol. The summed E-state index contributed by atoms with van der Waals surface area (Å²) in [5.41, 5.74) is 7.01. The molecule has 0 radical (unpaired) electrons. The number of rotatable bonds is 8. The Labute approximate surface area is 188 Å². The smallest absolute Gasteiger partial charge is 0.243 e. The summed E-state index contributed by atoms with van der Waals surface area (Å²) >= 11 is 5.54. The minimum Gasteiger partial charge on any atom is -0.379 e. The van der Waals surface area contributed by atoms with Gasteiger partial charge >= 0.3 is 0 Å². The predicted octanol–water partition coefficient (Wildman–Crippen LogP) is 1.78. The van der Waals surface area contributed by atoms with Crippen LogP contribution in [-0.2, 0) is 26.1 Å². The predicted molar refractivity (Wildman–Crippen MR) is 123 cm³/mol. The van der Waals surface area contributed by atoms with Gasteiger partial charge in [-0.05, 0) is 42.0 Å². The molecular weight excluding hydrogens is 436 g/mol. The molecule has 3 N–H and O–H groups in total. The Morgan fingerprint density at radius 2 is 1.74 bits per heavy atom. The summed E-state index contributed by atoms with van der Waals surface area (Å²) in [6, 6.07) is 16.2. The van der Waals surface area contributed by atoms with E-state index in [1.807, 2.05) is 35.2 Å². The van der Waals surface area contributed by atoms with Gasteiger partial charge in [-0.25, -0.2) is 8.42 Å². The Kier molecular flexibility index (Phi) is 7.97. The zero-order valence-corrected chi connectivity index (χ0v) is 18.7. The highest BCUT2D eigenvalue weighted by atomic mass is 32.2. The van der Waals surface area contributed by atoms with Crippen LogP contribution in [0.1, 0.15) is 12.0 Å². The summed E-state index contributed by atoms with van der Waals surface area (Å²) in [6.45, 7) is 2.38. The SMILES string of the molecule is NC(=O)CCN(Cc1ccccc1)C(=S)Nc1ccc(S(=O)(=O)N2CCOCC2)cc1. The third-order valence-electron chi connectivity index (χ3n) is 4.85. The van der Waals surface area contributed by atoms with Crippen molar-refractivity contribution >= 4 is 38.9 Å². The molecule has 1 aliphatic rings. The number of hydrogen-bond acceptors (Lipinski definition) is 5. The van der Waals surface area contributed by atoms with E-state index in [2.05, 4.69) is 5.32 Å². The molecule has 0 aromatic heterocycles. The van der Waals surface area contributed by atoms with Gasteiger partial charge in [0.15, 0.2) is 5.11 Å². The van der Waals surface area contributed by atoms with Crippen molar-refractivity contribution < 1.29 is 17.9 Å². The molecule has 2 aromatic carbocycles. The monoisotopic (exact) mass is 462 g/mol. The van der Waals surface area contributed by atoms with Gasteiger partial charge in [-0.3, -0.25) is 4.79 Å². The van der Waals surface area contributed by atoms with Crippen molar-refractivity contribution in [2.24, 2.45) is 5.73 Å². The fraction of sp³-hybridized carbons (Fsp3) is 0.333. The van der Waals surface area contributed by atoms with E-state index in [1.165, 1.54) is 4.31 Å². The summed E-state index contributed by atoms with van der Waals surface area (Å²) in [4.78, 5) is 13.3. The lowest BCUT2D eigenvalue weighted by Gasteiger charge is -2.27. The highest BCUT2D eigenvalue weighted by Crippen LogP contribution is 2.20. The number of amides is 1. The molecule has 1 heterocycles. The van der Waals surface area contributed by atoms with Gasteiger partial charge in [0.2, 0.25) is 15.9 Å². The molecular formula is C21H26N4O4S2. The van der Waals surface area contributed by atoms with Crippen molar-refractivity contribution in [3.63, 3.8) is 0 Å². The second kappa shape index (κ2) is 10.7. The third-order valence-corrected chi connectivity index (χ3v) is 7.12. The van der Waals surface area contributed by atoms with Gasteiger partial charge < -0.3 is 20.7 Å². The van der Waals surface area contributed by atoms with Crippen LogP contribution in [0, 0.1) is 0 Å². The molecule has 0 saturated carbocycles. The fourth-order valence-corrected chi connectivity index (χ4v) is 4.83. The largest absolute Gasteiger partial charge is 0.379 e. The van der Waals surface area contributed by atoms with Crippen LogP contribution in [0.5, 0.6) is 0 Å². The van der Waals surface area contributed by atoms with Crippen LogP contribution in [0.25, 0.3) is 0 Å². The first-order valence-corrected chi connectivity index (χ1v) is 11.8. The number of carbonyl (C=O) groups excluding carboxylic acids is 1. The molecule has 31 heavy (non-hydrogen) atoms. The maximum Gasteiger partial charge on any atom is 0.243 e. The van der Waals surface area contributed by atoms with Gasteiger partial charge in [0, 0.05) is 38.3 Å². The molecule has 0 spiro atoms. The number of carbonyl (C=O) groups is 1. The van der Waals surface area contributed by atoms with Crippen LogP contribution in [0.4, 0.5) is 5.69 Å². The Morgan fingerprint density at radius 1 is 1.10 bits per heavy atom. The molecule has 1 amide bonds. The Morgan fingerprint density at radius 3 is 2.35 bits per heavy atom. The van der Waals surface area contributed by atoms with Crippen LogP contribution >= 0.6 is 12.2 Å². The van der Waals surface area contributed by atoms with E-state index in [1.54, 1.807) is 24.3 Å². The van der Waals surface area contributed by atoms with Crippen molar-refractivity contribution in [3.05, 3.63) is 60.2 Å². The van der Waals surface area contributed by atoms with Crippen LogP contribution in [0.3, 0.4) is 0 Å². The quantitative estimate of drug-likeness (QED) is 0.576. The zero-order chi connectivity index (χ0) is 22.3. The first kappa shape index (κ1) is 23.1. The highest BCUT2D eigenvalue weighted by molar-refractivity contribution is 7.89. The lowest BCUT2D eigenvalue weighted by Crippen LogP contribution is -2.40. The first-order valence-electron chi connectivity index (χ1n) is 9.92. The lowest BCUT2D eigenvalue weighted by atomic mass is 10.2. The number of benzene rings is 2. The van der Waals surface area contributed by atoms with Crippen molar-refractivity contribution in [3.8, 4) is 0 Å². The van der Waals surface area contributed by atoms with Gasteiger partial charge in [-0.1, -0.05) is 30.3 Å². The molecule has 0 aliphatic carbocycles. The zero-order valence-electron chi connectivity index (χ0n) is 17.1. The van der Waals surface area contributed by atoms with Crippen molar-refractivity contribution in [2.45, 2.75) is 17.9 Å². The molecule has 0 atom stereocenters. The third kappa shape index (κ3) is 6.47. The topological polar surface area (TPSA) is 105 Å². The number of nitrogens with zero attached hydrogens (tertiary/aromatic N) is 2. The number of nitrogens with two attached hydrogens (primary N) is 1. The minimum absolute atomic E-state index is 0.172. The molecule has 2 aromatic rings. The van der Waals surface area contributed by atoms with Gasteiger partial charge in [0.05, 0.1) is 18.1 Å². The molecule has 1 aliphatic heterocycles. The van der Waals surface area contributed by atoms with Crippen LogP contribution in [-0.4, -0.2) is 61.5 Å². The van der Waals surface area contributed by atoms with Crippen molar-refractivity contribution in [1.29, 1.82) is 0 Å². The van der Waals surface area contributed by atoms with Gasteiger partial charge in [0.25, 0.3) is 0 Å². The van der Waals surface area contributed by atoms with Gasteiger partial charge in [-0.2, -0.15) is 4.31 Å². The van der Waals surface area contributed by atoms with Crippen molar-refractivity contribution in [1.82, 2.24) is 9.21 Å². The number of nitrogens with one attached hydrogen (secondary N) is 1. The summed E-state index contributed by atoms with van der Waals surface area (Å²) in [6.07, 6.45) is 0.172. The second-order valence-corrected chi connectivity index (χ2v) is 9.42. The second-order valence-electron chi connectivity index (χ2n) is 7.09. The minimum atomic E-state index is -3.55. The number of primary amides is 1. The first-order chi connectivity index (χ1) is 14.9. The van der Waals surface area contributed by atoms with E-state index in [4.69, 9.17) is 22.7 Å². The Balaban J connectivity index is 1.68. The van der Waals surface area contributed by atoms with E-state index in [0.29, 0.717) is 50.2 Å². The molecule has 3 rings (SSSR count). The number of ether oxygens (including phenoxy) is 1. The van der Waals surface area contributed by atoms with E-state index >= 15 is 0 Å². The van der Waals surface area contributed by atoms with E-state index < -0.39 is 15.9 Å². The maximum absolute atomic E-state index is 12.8. The molecule has 0 unspecified atom stereocenters. The molecule has 0 bridgehead atoms. The van der Waals surface area contributed by atoms with Crippen molar-refractivity contribution in [2.75, 3.05) is 38.2 Å². The molecule has 166 valence electrons. The standard InChI is InChI=1S/C21H26N4O4S2/c22-20(26)10-11-24(16-17-4-2-1-3-5-17)21(30)23-18-6-8-19(9-7-18)31(27,28)25-12-14-29-15-13-25/h1-9H,10-16H2,(H2,22,26)(H,23,30). The summed E-state index contributed by atoms with van der Waals surface area (Å²) < 4.78 is 32.2. The van der Waals surface area contributed by atoms with E-state index in [0.717, 1.165) is 5.56 Å². The van der Waals surface area contributed by atoms with Crippen LogP contribution < -0.4 is 11.1 Å². The number of sulfonamides is 1. The number of morpholine rings is 1. The van der Waals surface area contributed by atoms with E-state index in [9.17, 15) is 13.2 Å². The lowest BCUT2D eigenvalue weighted by molar-refractivity contribution is -0.118. The fourth-order valence-electron chi connectivity index (χ4n) is 3.15.